The first-order valence-electron chi connectivity index (χ1n) is 6.76. The Morgan fingerprint density at radius 1 is 1.20 bits per heavy atom. The van der Waals surface area contributed by atoms with E-state index >= 15 is 0 Å². The third-order valence-electron chi connectivity index (χ3n) is 3.99. The third kappa shape index (κ3) is 2.27. The number of carbonyl (C=O) groups is 2. The summed E-state index contributed by atoms with van der Waals surface area (Å²) in [7, 11) is 0. The quantitative estimate of drug-likeness (QED) is 0.803. The minimum absolute atomic E-state index is 0.190. The molecule has 1 heterocycles. The summed E-state index contributed by atoms with van der Waals surface area (Å²) in [6.07, 6.45) is 3.87. The maximum Gasteiger partial charge on any atom is 0.307 e. The molecule has 0 unspecified atom stereocenters. The molecule has 0 bridgehead atoms. The van der Waals surface area contributed by atoms with Crippen LogP contribution >= 0.6 is 0 Å². The first kappa shape index (κ1) is 12.7. The van der Waals surface area contributed by atoms with Crippen LogP contribution in [0, 0.1) is 11.8 Å². The SMILES string of the molecule is O=C(O)[C@H]1CCC[C@H]1C(=O)Nc1ccc2[nH]ccc2c1. The Hall–Kier alpha value is -2.30. The number of carboxylic acid groups (broad SMARTS) is 1. The largest absolute Gasteiger partial charge is 0.481 e. The zero-order valence-electron chi connectivity index (χ0n) is 10.9. The van der Waals surface area contributed by atoms with Crippen molar-refractivity contribution in [2.45, 2.75) is 19.3 Å². The van der Waals surface area contributed by atoms with Crippen molar-refractivity contribution in [2.75, 3.05) is 5.32 Å². The number of nitrogens with one attached hydrogen (secondary N) is 2. The summed E-state index contributed by atoms with van der Waals surface area (Å²) in [4.78, 5) is 26.4. The first-order chi connectivity index (χ1) is 9.65. The van der Waals surface area contributed by atoms with E-state index in [0.29, 0.717) is 18.5 Å². The van der Waals surface area contributed by atoms with Gasteiger partial charge in [-0.2, -0.15) is 0 Å². The summed E-state index contributed by atoms with van der Waals surface area (Å²) in [5.41, 5.74) is 1.71. The van der Waals surface area contributed by atoms with Crippen molar-refractivity contribution in [3.05, 3.63) is 30.5 Å². The predicted molar refractivity (Wildman–Crippen MR) is 75.4 cm³/mol. The van der Waals surface area contributed by atoms with Crippen LogP contribution < -0.4 is 5.32 Å². The van der Waals surface area contributed by atoms with Crippen molar-refractivity contribution in [3.63, 3.8) is 0 Å². The average molecular weight is 272 g/mol. The van der Waals surface area contributed by atoms with Gasteiger partial charge in [0.05, 0.1) is 11.8 Å². The lowest BCUT2D eigenvalue weighted by atomic mass is 9.95. The molecule has 1 fully saturated rings. The van der Waals surface area contributed by atoms with Gasteiger partial charge in [0.15, 0.2) is 0 Å². The number of aromatic amines is 1. The lowest BCUT2D eigenvalue weighted by Crippen LogP contribution is -2.29. The summed E-state index contributed by atoms with van der Waals surface area (Å²) >= 11 is 0. The van der Waals surface area contributed by atoms with Crippen LogP contribution in [0.25, 0.3) is 10.9 Å². The van der Waals surface area contributed by atoms with Crippen molar-refractivity contribution in [3.8, 4) is 0 Å². The predicted octanol–water partition coefficient (Wildman–Crippen LogP) is 2.61. The van der Waals surface area contributed by atoms with E-state index in [0.717, 1.165) is 17.3 Å². The molecule has 1 aliphatic carbocycles. The lowest BCUT2D eigenvalue weighted by molar-refractivity contribution is -0.145. The summed E-state index contributed by atoms with van der Waals surface area (Å²) in [5.74, 6) is -2.03. The van der Waals surface area contributed by atoms with Gasteiger partial charge in [0, 0.05) is 22.8 Å². The Balaban J connectivity index is 1.76. The van der Waals surface area contributed by atoms with E-state index in [4.69, 9.17) is 5.11 Å². The van der Waals surface area contributed by atoms with Crippen LogP contribution in [0.15, 0.2) is 30.5 Å². The highest BCUT2D eigenvalue weighted by atomic mass is 16.4. The van der Waals surface area contributed by atoms with E-state index in [-0.39, 0.29) is 5.91 Å². The van der Waals surface area contributed by atoms with Crippen molar-refractivity contribution < 1.29 is 14.7 Å². The van der Waals surface area contributed by atoms with Crippen LogP contribution in [-0.4, -0.2) is 22.0 Å². The van der Waals surface area contributed by atoms with Crippen molar-refractivity contribution in [2.24, 2.45) is 11.8 Å². The van der Waals surface area contributed by atoms with Gasteiger partial charge < -0.3 is 15.4 Å². The maximum atomic E-state index is 12.2. The van der Waals surface area contributed by atoms with Gasteiger partial charge in [-0.25, -0.2) is 0 Å². The van der Waals surface area contributed by atoms with E-state index < -0.39 is 17.8 Å². The number of fused-ring (bicyclic) bond motifs is 1. The molecule has 5 heteroatoms. The second-order valence-electron chi connectivity index (χ2n) is 5.25. The highest BCUT2D eigenvalue weighted by molar-refractivity contribution is 5.97. The molecule has 1 aromatic heterocycles. The molecule has 3 rings (SSSR count). The standard InChI is InChI=1S/C15H16N2O3/c18-14(11-2-1-3-12(11)15(19)20)17-10-4-5-13-9(8-10)6-7-16-13/h4-8,11-12,16H,1-3H2,(H,17,18)(H,19,20)/t11-,12+/m1/s1. The van der Waals surface area contributed by atoms with Crippen molar-refractivity contribution in [1.29, 1.82) is 0 Å². The molecular weight excluding hydrogens is 256 g/mol. The number of hydrogen-bond acceptors (Lipinski definition) is 2. The maximum absolute atomic E-state index is 12.2. The fourth-order valence-corrected chi connectivity index (χ4v) is 2.94. The Labute approximate surface area is 116 Å². The van der Waals surface area contributed by atoms with Gasteiger partial charge >= 0.3 is 5.97 Å². The van der Waals surface area contributed by atoms with E-state index in [1.54, 1.807) is 0 Å². The Morgan fingerprint density at radius 3 is 2.80 bits per heavy atom. The minimum atomic E-state index is -0.872. The molecule has 20 heavy (non-hydrogen) atoms. The molecule has 0 aliphatic heterocycles. The molecule has 0 spiro atoms. The second-order valence-corrected chi connectivity index (χ2v) is 5.25. The smallest absolute Gasteiger partial charge is 0.307 e. The van der Waals surface area contributed by atoms with E-state index in [9.17, 15) is 9.59 Å². The topological polar surface area (TPSA) is 82.2 Å². The van der Waals surface area contributed by atoms with Crippen LogP contribution in [0.1, 0.15) is 19.3 Å². The number of carboxylic acids is 1. The fraction of sp³-hybridized carbons (Fsp3) is 0.333. The van der Waals surface area contributed by atoms with Crippen LogP contribution in [-0.2, 0) is 9.59 Å². The number of hydrogen-bond donors (Lipinski definition) is 3. The number of aromatic nitrogens is 1. The number of H-pyrrole nitrogens is 1. The van der Waals surface area contributed by atoms with Gasteiger partial charge in [-0.15, -0.1) is 0 Å². The number of amides is 1. The molecule has 1 amide bonds. The lowest BCUT2D eigenvalue weighted by Gasteiger charge is -2.15. The number of rotatable bonds is 3. The molecular formula is C15H16N2O3. The van der Waals surface area contributed by atoms with E-state index in [1.807, 2.05) is 30.5 Å². The van der Waals surface area contributed by atoms with Gasteiger partial charge in [-0.1, -0.05) is 6.42 Å². The van der Waals surface area contributed by atoms with Crippen molar-refractivity contribution in [1.82, 2.24) is 4.98 Å². The molecule has 0 saturated heterocycles. The summed E-state index contributed by atoms with van der Waals surface area (Å²) in [6.45, 7) is 0. The van der Waals surface area contributed by atoms with Crippen LogP contribution in [0.4, 0.5) is 5.69 Å². The van der Waals surface area contributed by atoms with Crippen LogP contribution in [0.2, 0.25) is 0 Å². The van der Waals surface area contributed by atoms with Crippen LogP contribution in [0.5, 0.6) is 0 Å². The Kier molecular flexibility index (Phi) is 3.18. The Morgan fingerprint density at radius 2 is 2.00 bits per heavy atom. The molecule has 104 valence electrons. The van der Waals surface area contributed by atoms with E-state index in [2.05, 4.69) is 10.3 Å². The summed E-state index contributed by atoms with van der Waals surface area (Å²) < 4.78 is 0. The molecule has 1 aromatic carbocycles. The molecule has 1 saturated carbocycles. The molecule has 2 atom stereocenters. The van der Waals surface area contributed by atoms with E-state index in [1.165, 1.54) is 0 Å². The third-order valence-corrected chi connectivity index (χ3v) is 3.99. The first-order valence-corrected chi connectivity index (χ1v) is 6.76. The molecule has 1 aliphatic rings. The summed E-state index contributed by atoms with van der Waals surface area (Å²) in [6, 6.07) is 7.53. The fourth-order valence-electron chi connectivity index (χ4n) is 2.94. The van der Waals surface area contributed by atoms with Gasteiger partial charge in [-0.3, -0.25) is 9.59 Å². The van der Waals surface area contributed by atoms with Gasteiger partial charge in [0.1, 0.15) is 0 Å². The number of anilines is 1. The van der Waals surface area contributed by atoms with Gasteiger partial charge in [0.2, 0.25) is 5.91 Å². The number of benzene rings is 1. The summed E-state index contributed by atoms with van der Waals surface area (Å²) in [5, 5.41) is 13.0. The number of carbonyl (C=O) groups excluding carboxylic acids is 1. The number of aliphatic carboxylic acids is 1. The molecule has 0 radical (unpaired) electrons. The average Bonchev–Trinajstić information content (AvgIpc) is 3.06. The second kappa shape index (κ2) is 5.00. The zero-order valence-corrected chi connectivity index (χ0v) is 10.9. The molecule has 3 N–H and O–H groups in total. The highest BCUT2D eigenvalue weighted by Gasteiger charge is 2.37. The highest BCUT2D eigenvalue weighted by Crippen LogP contribution is 2.33. The van der Waals surface area contributed by atoms with Gasteiger partial charge in [-0.05, 0) is 37.1 Å². The monoisotopic (exact) mass is 272 g/mol. The van der Waals surface area contributed by atoms with Crippen molar-refractivity contribution >= 4 is 28.5 Å². The zero-order chi connectivity index (χ0) is 14.1. The molecule has 2 aromatic rings. The van der Waals surface area contributed by atoms with Crippen LogP contribution in [0.3, 0.4) is 0 Å². The molecule has 5 nitrogen and oxygen atoms in total. The normalized spacial score (nSPS) is 22.0. The minimum Gasteiger partial charge on any atom is -0.481 e. The van der Waals surface area contributed by atoms with Gasteiger partial charge in [0.25, 0.3) is 0 Å². The Bertz CT molecular complexity index is 662.